The van der Waals surface area contributed by atoms with Crippen molar-refractivity contribution in [2.24, 2.45) is 5.73 Å². The number of hydrogen-bond donors (Lipinski definition) is 7. The van der Waals surface area contributed by atoms with Crippen LogP contribution in [0.3, 0.4) is 0 Å². The number of benzene rings is 2. The van der Waals surface area contributed by atoms with E-state index in [2.05, 4.69) is 60.8 Å². The van der Waals surface area contributed by atoms with E-state index in [0.29, 0.717) is 21.6 Å². The molecule has 0 atom stereocenters. The summed E-state index contributed by atoms with van der Waals surface area (Å²) in [6.45, 7) is 38.9. The molecular formula is C90H142ClN21O25. The molecule has 0 aliphatic carbocycles. The van der Waals surface area contributed by atoms with Crippen molar-refractivity contribution in [3.8, 4) is 11.8 Å². The molecule has 6 aromatic heterocycles. The minimum Gasteiger partial charge on any atom is -0.480 e. The highest BCUT2D eigenvalue weighted by molar-refractivity contribution is 6.15. The zero-order valence-electron chi connectivity index (χ0n) is 79.4. The average molecular weight is 1950 g/mol. The summed E-state index contributed by atoms with van der Waals surface area (Å²) in [5, 5.41) is 16.4. The first-order chi connectivity index (χ1) is 60.3. The van der Waals surface area contributed by atoms with Gasteiger partial charge in [0.2, 0.25) is 29.6 Å². The van der Waals surface area contributed by atoms with Gasteiger partial charge in [-0.25, -0.2) is 53.0 Å². The van der Waals surface area contributed by atoms with E-state index in [9.17, 15) is 67.1 Å². The van der Waals surface area contributed by atoms with Crippen molar-refractivity contribution in [3.63, 3.8) is 0 Å². The normalized spacial score (nSPS) is 11.2. The van der Waals surface area contributed by atoms with Gasteiger partial charge in [-0.15, -0.1) is 12.4 Å². The Morgan fingerprint density at radius 2 is 0.745 bits per heavy atom. The van der Waals surface area contributed by atoms with Gasteiger partial charge in [0.15, 0.2) is 28.6 Å². The van der Waals surface area contributed by atoms with Crippen LogP contribution in [0.15, 0.2) is 79.8 Å². The number of carbonyl (C=O) groups excluding carboxylic acids is 9. The number of aliphatic carboxylic acids is 1. The van der Waals surface area contributed by atoms with E-state index in [0.717, 1.165) is 29.1 Å². The van der Waals surface area contributed by atoms with Gasteiger partial charge >= 0.3 is 71.5 Å². The highest BCUT2D eigenvalue weighted by atomic mass is 35.5. The standard InChI is InChI=1S/C37H53N7O10.C31H40N6O9.C11H15N7O4.C6H13NO2.5CH4.ClH/c1-34(2,3)51-24(45)21-38-19-20-43-26-25(27(40-30(43)46)44(32(48)53-36(7,8)9)33(49)54-37(10,11)12)28(50-22-23-17-15-14-16-18-23)41-29(39-26)42(13)31(47)52-35(4,5)6;1-29(2,3)44-26(40)35(10)24-32-21-20(23(34-24)43-18-19-14-12-11-13-15-19)22(33-25(39)36(21)16-17-38)37(27(41)45-30(4,5)6)28(42)46-31(7,8)9;1-13-10-16-8-6(9(21)17-10)7(12)15-11(22)18(8)3-2-14-4-5(19)20;1-6(2,3)9-5(8)4-7;;;;;;/h14-18,38H,19-22H2,1-13H3;11-15,17H,16,18H2,1-10H3;14H,2-4H2,1H3,(H,19,20)(H2,12,15,22)(H2,13,16,17,21);4,7H2,1-3H3;5*1H4;1H. The summed E-state index contributed by atoms with van der Waals surface area (Å²) in [4.78, 5) is 217. The number of fused-ring (bicyclic) bond motifs is 3. The predicted octanol–water partition coefficient (Wildman–Crippen LogP) is 12.4. The van der Waals surface area contributed by atoms with Gasteiger partial charge in [0.25, 0.3) is 5.56 Å². The number of amides is 6. The summed E-state index contributed by atoms with van der Waals surface area (Å²) in [7, 11) is 4.27. The monoisotopic (exact) mass is 1950 g/mol. The first kappa shape index (κ1) is 125. The largest absolute Gasteiger partial charge is 0.480 e. The number of nitrogen functional groups attached to an aromatic ring is 1. The van der Waals surface area contributed by atoms with Gasteiger partial charge in [-0.2, -0.15) is 49.7 Å². The van der Waals surface area contributed by atoms with E-state index < -0.39 is 134 Å². The van der Waals surface area contributed by atoms with Crippen molar-refractivity contribution in [3.05, 3.63) is 114 Å². The number of aromatic nitrogens is 12. The van der Waals surface area contributed by atoms with Crippen LogP contribution >= 0.6 is 12.4 Å². The number of nitrogens with two attached hydrogens (primary N) is 2. The number of carboxylic acids is 1. The second-order valence-corrected chi connectivity index (χ2v) is 36.6. The molecule has 137 heavy (non-hydrogen) atoms. The molecule has 46 nitrogen and oxygen atoms in total. The lowest BCUT2D eigenvalue weighted by Crippen LogP contribution is -2.45. The van der Waals surface area contributed by atoms with Crippen molar-refractivity contribution >= 4 is 142 Å². The summed E-state index contributed by atoms with van der Waals surface area (Å²) < 4.78 is 58.9. The Bertz CT molecular complexity index is 5630. The number of aromatic amines is 1. The Labute approximate surface area is 804 Å². The number of H-pyrrole nitrogens is 1. The van der Waals surface area contributed by atoms with Crippen molar-refractivity contribution in [2.45, 2.75) is 281 Å². The fourth-order valence-electron chi connectivity index (χ4n) is 10.5. The third-order valence-corrected chi connectivity index (χ3v) is 15.5. The highest BCUT2D eigenvalue weighted by Crippen LogP contribution is 2.37. The number of nitrogens with zero attached hydrogens (tertiary/aromatic N) is 15. The molecule has 0 radical (unpaired) electrons. The molecule has 9 N–H and O–H groups in total. The van der Waals surface area contributed by atoms with Crippen molar-refractivity contribution in [1.82, 2.24) is 69.2 Å². The van der Waals surface area contributed by atoms with Gasteiger partial charge in [-0.3, -0.25) is 37.9 Å². The minimum atomic E-state index is -1.22. The molecule has 0 bridgehead atoms. The number of carboxylic acid groups (broad SMARTS) is 1. The smallest absolute Gasteiger partial charge is 0.425 e. The molecule has 0 spiro atoms. The van der Waals surface area contributed by atoms with Crippen molar-refractivity contribution < 1.29 is 100 Å². The summed E-state index contributed by atoms with van der Waals surface area (Å²) in [6.07, 6.45) is -6.05. The Morgan fingerprint density at radius 3 is 1.07 bits per heavy atom. The molecule has 6 heterocycles. The maximum Gasteiger partial charge on any atom is 0.425 e. The van der Waals surface area contributed by atoms with Crippen LogP contribution in [0.5, 0.6) is 11.8 Å². The minimum absolute atomic E-state index is 0. The number of carbonyl (C=O) groups is 10. The molecule has 8 aromatic rings. The Balaban J connectivity index is 0. The third kappa shape index (κ3) is 40.4. The summed E-state index contributed by atoms with van der Waals surface area (Å²) in [5.74, 6) is -4.06. The SMILES string of the molecule is C.C.C.C.C.CC(C)(C)OC(=O)CN.CN(C(=O)OC(C)(C)C)c1nc(OCc2ccccc2)c2c(N(C(=O)OC(C)(C)C)C(=O)OC(C)(C)C)nc(=O)n(CC=O)c2n1.CN(C(=O)OC(C)(C)C)c1nc(OCc2ccccc2)c2c(N(C(=O)OC(C)(C)C)C(=O)OC(C)(C)C)nc(=O)n(CCNCC(=O)OC(C)(C)C)c2n1.CNc1nc2c(c(N)nc(=O)n2CCNCC(=O)O)c(=O)[nH]1.Cl. The zero-order valence-corrected chi connectivity index (χ0v) is 80.3. The van der Waals surface area contributed by atoms with Crippen LogP contribution in [0.25, 0.3) is 33.1 Å². The number of rotatable bonds is 24. The molecule has 0 aliphatic heterocycles. The maximum absolute atomic E-state index is 14.0. The lowest BCUT2D eigenvalue weighted by Gasteiger charge is -2.29. The number of hydrogen-bond acceptors (Lipinski definition) is 37. The molecule has 0 saturated heterocycles. The second kappa shape index (κ2) is 52.5. The van der Waals surface area contributed by atoms with E-state index in [1.165, 1.54) is 14.1 Å². The van der Waals surface area contributed by atoms with Crippen LogP contribution in [0.4, 0.5) is 64.1 Å². The molecule has 47 heteroatoms. The van der Waals surface area contributed by atoms with E-state index in [1.54, 1.807) is 222 Å². The second-order valence-electron chi connectivity index (χ2n) is 36.6. The molecule has 764 valence electrons. The predicted molar refractivity (Wildman–Crippen MR) is 523 cm³/mol. The number of nitrogens with one attached hydrogen (secondary N) is 4. The first-order valence-corrected chi connectivity index (χ1v) is 41.0. The number of anilines is 6. The Morgan fingerprint density at radius 1 is 0.431 bits per heavy atom. The lowest BCUT2D eigenvalue weighted by molar-refractivity contribution is -0.154. The molecule has 0 saturated carbocycles. The molecule has 0 aliphatic rings. The number of esters is 2. The van der Waals surface area contributed by atoms with E-state index in [1.807, 2.05) is 12.1 Å². The lowest BCUT2D eigenvalue weighted by atomic mass is 10.2. The number of ether oxygens (including phenoxy) is 10. The van der Waals surface area contributed by atoms with Crippen LogP contribution in [0, 0.1) is 0 Å². The number of aldehydes is 1. The number of halogens is 1. The Kier molecular flexibility index (Phi) is 48.0. The Hall–Kier alpha value is -13.6. The fraction of sp³-hybridized carbons (Fsp3) is 0.556. The van der Waals surface area contributed by atoms with E-state index in [4.69, 9.17) is 63.9 Å². The molecule has 6 amide bonds. The quantitative estimate of drug-likeness (QED) is 0.0128. The number of imide groups is 2. The van der Waals surface area contributed by atoms with Gasteiger partial charge in [-0.05, 0) is 177 Å². The van der Waals surface area contributed by atoms with Gasteiger partial charge in [-0.1, -0.05) is 97.8 Å². The van der Waals surface area contributed by atoms with Gasteiger partial charge in [0, 0.05) is 47.3 Å². The zero-order chi connectivity index (χ0) is 99.2. The van der Waals surface area contributed by atoms with Crippen LogP contribution in [0.2, 0.25) is 0 Å². The highest BCUT2D eigenvalue weighted by Gasteiger charge is 2.41. The van der Waals surface area contributed by atoms with E-state index in [-0.39, 0.29) is 183 Å². The van der Waals surface area contributed by atoms with E-state index >= 15 is 0 Å². The third-order valence-electron chi connectivity index (χ3n) is 15.5. The molecule has 2 aromatic carbocycles. The topological polar surface area (TPSA) is 586 Å². The van der Waals surface area contributed by atoms with Crippen LogP contribution in [-0.4, -0.2) is 223 Å². The van der Waals surface area contributed by atoms with Crippen molar-refractivity contribution in [1.29, 1.82) is 0 Å². The first-order valence-electron chi connectivity index (χ1n) is 41.0. The van der Waals surface area contributed by atoms with Gasteiger partial charge in [0.1, 0.15) is 86.3 Å². The summed E-state index contributed by atoms with van der Waals surface area (Å²) >= 11 is 0. The van der Waals surface area contributed by atoms with Crippen LogP contribution in [-0.2, 0) is 89.9 Å². The molecule has 0 fully saturated rings. The van der Waals surface area contributed by atoms with Gasteiger partial charge in [0.05, 0.1) is 26.2 Å². The van der Waals surface area contributed by atoms with Crippen LogP contribution < -0.4 is 79.1 Å². The molecular weight excluding hydrogens is 1810 g/mol. The van der Waals surface area contributed by atoms with Crippen LogP contribution in [0.1, 0.15) is 214 Å². The summed E-state index contributed by atoms with van der Waals surface area (Å²) in [5.41, 5.74) is 1.30. The fourth-order valence-corrected chi connectivity index (χ4v) is 10.5. The molecule has 8 rings (SSSR count). The van der Waals surface area contributed by atoms with Crippen molar-refractivity contribution in [2.75, 3.05) is 84.5 Å². The molecule has 0 unspecified atom stereocenters. The average Bonchev–Trinajstić information content (AvgIpc) is 0.742. The van der Waals surface area contributed by atoms with Gasteiger partial charge < -0.3 is 84.7 Å². The maximum atomic E-state index is 14.0. The summed E-state index contributed by atoms with van der Waals surface area (Å²) in [6, 6.07) is 18.0.